The number of nitrogens with zero attached hydrogens (tertiary/aromatic N) is 1. The molecular formula is C19H27NO4. The summed E-state index contributed by atoms with van der Waals surface area (Å²) in [5, 5.41) is 9.83. The van der Waals surface area contributed by atoms with Gasteiger partial charge in [0.2, 0.25) is 0 Å². The van der Waals surface area contributed by atoms with Gasteiger partial charge in [-0.2, -0.15) is 0 Å². The topological polar surface area (TPSA) is 66.8 Å². The largest absolute Gasteiger partial charge is 0.479 e. The van der Waals surface area contributed by atoms with E-state index < -0.39 is 23.2 Å². The van der Waals surface area contributed by atoms with Crippen LogP contribution in [0.2, 0.25) is 0 Å². The fourth-order valence-corrected chi connectivity index (χ4v) is 3.28. The van der Waals surface area contributed by atoms with Crippen LogP contribution in [0.3, 0.4) is 0 Å². The fraction of sp³-hybridized carbons (Fsp3) is 0.579. The molecule has 1 heterocycles. The molecule has 0 saturated carbocycles. The summed E-state index contributed by atoms with van der Waals surface area (Å²) in [4.78, 5) is 25.9. The number of aliphatic carboxylic acids is 1. The van der Waals surface area contributed by atoms with Crippen molar-refractivity contribution < 1.29 is 19.4 Å². The lowest BCUT2D eigenvalue weighted by atomic mass is 9.89. The molecule has 5 nitrogen and oxygen atoms in total. The van der Waals surface area contributed by atoms with E-state index in [0.717, 1.165) is 12.8 Å². The van der Waals surface area contributed by atoms with E-state index in [1.165, 1.54) is 10.5 Å². The maximum absolute atomic E-state index is 12.5. The van der Waals surface area contributed by atoms with Gasteiger partial charge in [-0.15, -0.1) is 0 Å². The number of hydrogen-bond donors (Lipinski definition) is 1. The zero-order valence-corrected chi connectivity index (χ0v) is 14.7. The molecule has 0 radical (unpaired) electrons. The zero-order chi connectivity index (χ0) is 17.8. The van der Waals surface area contributed by atoms with Crippen molar-refractivity contribution in [1.82, 2.24) is 4.90 Å². The third-order valence-corrected chi connectivity index (χ3v) is 4.40. The first kappa shape index (κ1) is 18.3. The van der Waals surface area contributed by atoms with Gasteiger partial charge in [0.15, 0.2) is 0 Å². The minimum atomic E-state index is -1.14. The third kappa shape index (κ3) is 4.28. The predicted molar refractivity (Wildman–Crippen MR) is 91.9 cm³/mol. The van der Waals surface area contributed by atoms with Crippen molar-refractivity contribution in [3.63, 3.8) is 0 Å². The fourth-order valence-electron chi connectivity index (χ4n) is 3.28. The lowest BCUT2D eigenvalue weighted by Crippen LogP contribution is -2.54. The van der Waals surface area contributed by atoms with Crippen LogP contribution >= 0.6 is 0 Å². The Balaban J connectivity index is 2.07. The van der Waals surface area contributed by atoms with Gasteiger partial charge in [-0.1, -0.05) is 30.3 Å². The summed E-state index contributed by atoms with van der Waals surface area (Å²) in [6, 6.07) is 9.99. The highest BCUT2D eigenvalue weighted by Gasteiger charge is 2.50. The van der Waals surface area contributed by atoms with Gasteiger partial charge in [0.1, 0.15) is 11.1 Å². The monoisotopic (exact) mass is 333 g/mol. The van der Waals surface area contributed by atoms with Gasteiger partial charge in [0.25, 0.3) is 0 Å². The van der Waals surface area contributed by atoms with Crippen LogP contribution in [-0.4, -0.2) is 39.8 Å². The standard InChI is InChI=1S/C19H27NO4/c1-18(2,3)24-17(23)20-14-8-13-19(20,16(21)22)12-7-11-15-9-5-4-6-10-15/h4-6,9-10H,7-8,11-14H2,1-3H3,(H,21,22)/t19-/m0/s1. The van der Waals surface area contributed by atoms with Crippen molar-refractivity contribution in [2.24, 2.45) is 0 Å². The van der Waals surface area contributed by atoms with Crippen LogP contribution in [0.5, 0.6) is 0 Å². The number of carbonyl (C=O) groups is 2. The number of rotatable bonds is 5. The van der Waals surface area contributed by atoms with Crippen molar-refractivity contribution >= 4 is 12.1 Å². The molecule has 132 valence electrons. The first-order valence-corrected chi connectivity index (χ1v) is 8.52. The number of hydrogen-bond acceptors (Lipinski definition) is 3. The number of ether oxygens (including phenoxy) is 1. The number of likely N-dealkylation sites (tertiary alicyclic amines) is 1. The lowest BCUT2D eigenvalue weighted by molar-refractivity contribution is -0.150. The van der Waals surface area contributed by atoms with Crippen molar-refractivity contribution in [3.05, 3.63) is 35.9 Å². The van der Waals surface area contributed by atoms with E-state index in [-0.39, 0.29) is 0 Å². The number of amides is 1. The van der Waals surface area contributed by atoms with Crippen LogP contribution in [0.1, 0.15) is 52.0 Å². The Labute approximate surface area is 143 Å². The summed E-state index contributed by atoms with van der Waals surface area (Å²) in [7, 11) is 0. The molecule has 0 aromatic heterocycles. The average Bonchev–Trinajstić information content (AvgIpc) is 2.92. The van der Waals surface area contributed by atoms with Crippen molar-refractivity contribution in [2.75, 3.05) is 6.54 Å². The molecule has 1 atom stereocenters. The summed E-state index contributed by atoms with van der Waals surface area (Å²) in [6.45, 7) is 5.81. The lowest BCUT2D eigenvalue weighted by Gasteiger charge is -2.36. The third-order valence-electron chi connectivity index (χ3n) is 4.40. The number of carboxylic acid groups (broad SMARTS) is 1. The van der Waals surface area contributed by atoms with Crippen LogP contribution in [0.15, 0.2) is 30.3 Å². The minimum absolute atomic E-state index is 0.437. The van der Waals surface area contributed by atoms with Gasteiger partial charge < -0.3 is 9.84 Å². The molecule has 1 fully saturated rings. The van der Waals surface area contributed by atoms with E-state index in [1.807, 2.05) is 30.3 Å². The Hall–Kier alpha value is -2.04. The van der Waals surface area contributed by atoms with Crippen LogP contribution in [0.4, 0.5) is 4.79 Å². The highest BCUT2D eigenvalue weighted by Crippen LogP contribution is 2.35. The van der Waals surface area contributed by atoms with Crippen molar-refractivity contribution in [3.8, 4) is 0 Å². The van der Waals surface area contributed by atoms with Crippen LogP contribution < -0.4 is 0 Å². The quantitative estimate of drug-likeness (QED) is 0.888. The first-order chi connectivity index (χ1) is 11.2. The molecule has 24 heavy (non-hydrogen) atoms. The van der Waals surface area contributed by atoms with Crippen LogP contribution in [0, 0.1) is 0 Å². The summed E-state index contributed by atoms with van der Waals surface area (Å²) < 4.78 is 5.42. The summed E-state index contributed by atoms with van der Waals surface area (Å²) in [5.74, 6) is -0.932. The Bertz CT molecular complexity index is 579. The van der Waals surface area contributed by atoms with Crippen LogP contribution in [0.25, 0.3) is 0 Å². The highest BCUT2D eigenvalue weighted by atomic mass is 16.6. The number of carbonyl (C=O) groups excluding carboxylic acids is 1. The second kappa shape index (κ2) is 7.24. The molecule has 0 spiro atoms. The molecule has 2 rings (SSSR count). The molecular weight excluding hydrogens is 306 g/mol. The molecule has 1 aromatic carbocycles. The number of aryl methyl sites for hydroxylation is 1. The normalized spacial score (nSPS) is 20.9. The Kier molecular flexibility index (Phi) is 5.52. The van der Waals surface area contributed by atoms with Crippen molar-refractivity contribution in [1.29, 1.82) is 0 Å². The van der Waals surface area contributed by atoms with Gasteiger partial charge in [-0.05, 0) is 58.4 Å². The molecule has 0 bridgehead atoms. The second-order valence-electron chi connectivity index (χ2n) is 7.41. The zero-order valence-electron chi connectivity index (χ0n) is 14.7. The molecule has 1 saturated heterocycles. The van der Waals surface area contributed by atoms with E-state index in [9.17, 15) is 14.7 Å². The Morgan fingerprint density at radius 3 is 2.50 bits per heavy atom. The molecule has 5 heteroatoms. The van der Waals surface area contributed by atoms with Gasteiger partial charge in [0.05, 0.1) is 0 Å². The smallest absolute Gasteiger partial charge is 0.411 e. The number of carboxylic acids is 1. The SMILES string of the molecule is CC(C)(C)OC(=O)N1CCC[C@@]1(CCCc1ccccc1)C(=O)O. The second-order valence-corrected chi connectivity index (χ2v) is 7.41. The Morgan fingerprint density at radius 1 is 1.25 bits per heavy atom. The summed E-state index contributed by atoms with van der Waals surface area (Å²) in [6.07, 6.45) is 2.61. The highest BCUT2D eigenvalue weighted by molar-refractivity contribution is 5.85. The van der Waals surface area contributed by atoms with Gasteiger partial charge in [-0.3, -0.25) is 4.90 Å². The molecule has 1 amide bonds. The number of benzene rings is 1. The summed E-state index contributed by atoms with van der Waals surface area (Å²) >= 11 is 0. The van der Waals surface area contributed by atoms with Gasteiger partial charge in [0, 0.05) is 6.54 Å². The predicted octanol–water partition coefficient (Wildman–Crippen LogP) is 3.86. The molecule has 1 aromatic rings. The average molecular weight is 333 g/mol. The van der Waals surface area contributed by atoms with Crippen molar-refractivity contribution in [2.45, 2.75) is 64.0 Å². The van der Waals surface area contributed by atoms with E-state index in [2.05, 4.69) is 0 Å². The first-order valence-electron chi connectivity index (χ1n) is 8.52. The van der Waals surface area contributed by atoms with E-state index >= 15 is 0 Å². The molecule has 1 N–H and O–H groups in total. The van der Waals surface area contributed by atoms with Crippen LogP contribution in [-0.2, 0) is 16.0 Å². The molecule has 1 aliphatic heterocycles. The maximum Gasteiger partial charge on any atom is 0.411 e. The van der Waals surface area contributed by atoms with E-state index in [4.69, 9.17) is 4.74 Å². The maximum atomic E-state index is 12.5. The molecule has 0 aliphatic carbocycles. The Morgan fingerprint density at radius 2 is 1.92 bits per heavy atom. The molecule has 1 aliphatic rings. The van der Waals surface area contributed by atoms with Gasteiger partial charge >= 0.3 is 12.1 Å². The minimum Gasteiger partial charge on any atom is -0.479 e. The van der Waals surface area contributed by atoms with E-state index in [0.29, 0.717) is 25.8 Å². The summed E-state index contributed by atoms with van der Waals surface area (Å²) in [5.41, 5.74) is -0.592. The molecule has 0 unspecified atom stereocenters. The van der Waals surface area contributed by atoms with Gasteiger partial charge in [-0.25, -0.2) is 9.59 Å². The van der Waals surface area contributed by atoms with E-state index in [1.54, 1.807) is 20.8 Å².